The molecule has 2 aromatic carbocycles. The number of ether oxygens (including phenoxy) is 1. The summed E-state index contributed by atoms with van der Waals surface area (Å²) < 4.78 is 5.64. The van der Waals surface area contributed by atoms with Crippen molar-refractivity contribution < 1.29 is 14.3 Å². The van der Waals surface area contributed by atoms with Crippen LogP contribution >= 0.6 is 0 Å². The lowest BCUT2D eigenvalue weighted by Crippen LogP contribution is -2.37. The number of hydrogen-bond acceptors (Lipinski definition) is 4. The smallest absolute Gasteiger partial charge is 0.251 e. The van der Waals surface area contributed by atoms with Crippen LogP contribution in [0.5, 0.6) is 5.75 Å². The first-order valence-electron chi connectivity index (χ1n) is 8.16. The summed E-state index contributed by atoms with van der Waals surface area (Å²) in [5.74, 6) is 0.481. The minimum Gasteiger partial charge on any atom is -0.491 e. The Balaban J connectivity index is 1.61. The third kappa shape index (κ3) is 4.09. The van der Waals surface area contributed by atoms with E-state index in [1.807, 2.05) is 55.3 Å². The van der Waals surface area contributed by atoms with Crippen molar-refractivity contribution in [1.82, 2.24) is 5.32 Å². The van der Waals surface area contributed by atoms with Gasteiger partial charge in [0.25, 0.3) is 5.91 Å². The van der Waals surface area contributed by atoms with Gasteiger partial charge in [0.05, 0.1) is 24.0 Å². The Kier molecular flexibility index (Phi) is 4.88. The van der Waals surface area contributed by atoms with E-state index >= 15 is 0 Å². The SMILES string of the molecule is C[C@@H](COc1ccccc1)NC(=O)c1ccc2c(c1)NC(=O)CN2C. The van der Waals surface area contributed by atoms with Crippen LogP contribution in [-0.4, -0.2) is 38.1 Å². The van der Waals surface area contributed by atoms with Crippen LogP contribution in [0.3, 0.4) is 0 Å². The van der Waals surface area contributed by atoms with E-state index in [0.29, 0.717) is 24.4 Å². The summed E-state index contributed by atoms with van der Waals surface area (Å²) in [5.41, 5.74) is 2.05. The number of hydrogen-bond donors (Lipinski definition) is 2. The summed E-state index contributed by atoms with van der Waals surface area (Å²) in [5, 5.41) is 5.71. The Morgan fingerprint density at radius 3 is 2.80 bits per heavy atom. The molecule has 130 valence electrons. The van der Waals surface area contributed by atoms with Crippen LogP contribution in [0.4, 0.5) is 11.4 Å². The van der Waals surface area contributed by atoms with Crippen molar-refractivity contribution in [2.45, 2.75) is 13.0 Å². The molecule has 2 N–H and O–H groups in total. The van der Waals surface area contributed by atoms with Crippen LogP contribution in [0.15, 0.2) is 48.5 Å². The highest BCUT2D eigenvalue weighted by Gasteiger charge is 2.20. The van der Waals surface area contributed by atoms with Crippen molar-refractivity contribution in [3.63, 3.8) is 0 Å². The molecule has 0 bridgehead atoms. The van der Waals surface area contributed by atoms with Gasteiger partial charge in [-0.25, -0.2) is 0 Å². The number of para-hydroxylation sites is 1. The highest BCUT2D eigenvalue weighted by atomic mass is 16.5. The molecular formula is C19H21N3O3. The largest absolute Gasteiger partial charge is 0.491 e. The Bertz CT molecular complexity index is 777. The zero-order chi connectivity index (χ0) is 17.8. The second-order valence-corrected chi connectivity index (χ2v) is 6.13. The molecule has 0 spiro atoms. The monoisotopic (exact) mass is 339 g/mol. The Labute approximate surface area is 146 Å². The summed E-state index contributed by atoms with van der Waals surface area (Å²) in [6.07, 6.45) is 0. The number of amides is 2. The summed E-state index contributed by atoms with van der Waals surface area (Å²) in [6, 6.07) is 14.6. The summed E-state index contributed by atoms with van der Waals surface area (Å²) in [6.45, 7) is 2.57. The molecule has 1 aliphatic heterocycles. The molecular weight excluding hydrogens is 318 g/mol. The number of rotatable bonds is 5. The van der Waals surface area contributed by atoms with Gasteiger partial charge in [-0.05, 0) is 37.3 Å². The molecule has 1 aliphatic rings. The van der Waals surface area contributed by atoms with Crippen molar-refractivity contribution in [2.24, 2.45) is 0 Å². The minimum atomic E-state index is -0.200. The Morgan fingerprint density at radius 2 is 2.04 bits per heavy atom. The van der Waals surface area contributed by atoms with E-state index in [4.69, 9.17) is 4.74 Å². The average molecular weight is 339 g/mol. The number of nitrogens with one attached hydrogen (secondary N) is 2. The van der Waals surface area contributed by atoms with Crippen molar-refractivity contribution in [3.05, 3.63) is 54.1 Å². The van der Waals surface area contributed by atoms with E-state index in [1.54, 1.807) is 12.1 Å². The third-order valence-corrected chi connectivity index (χ3v) is 3.95. The summed E-state index contributed by atoms with van der Waals surface area (Å²) in [7, 11) is 1.85. The van der Waals surface area contributed by atoms with Crippen LogP contribution in [0, 0.1) is 0 Å². The van der Waals surface area contributed by atoms with Gasteiger partial charge >= 0.3 is 0 Å². The van der Waals surface area contributed by atoms with Gasteiger partial charge in [0.15, 0.2) is 0 Å². The molecule has 0 saturated carbocycles. The van der Waals surface area contributed by atoms with E-state index in [-0.39, 0.29) is 17.9 Å². The maximum absolute atomic E-state index is 12.4. The molecule has 1 atom stereocenters. The molecule has 3 rings (SSSR count). The van der Waals surface area contributed by atoms with Crippen LogP contribution in [0.1, 0.15) is 17.3 Å². The maximum Gasteiger partial charge on any atom is 0.251 e. The van der Waals surface area contributed by atoms with E-state index < -0.39 is 0 Å². The van der Waals surface area contributed by atoms with Gasteiger partial charge in [-0.15, -0.1) is 0 Å². The molecule has 2 aromatic rings. The van der Waals surface area contributed by atoms with E-state index in [9.17, 15) is 9.59 Å². The van der Waals surface area contributed by atoms with Gasteiger partial charge in [-0.1, -0.05) is 18.2 Å². The van der Waals surface area contributed by atoms with Crippen molar-refractivity contribution >= 4 is 23.2 Å². The van der Waals surface area contributed by atoms with Gasteiger partial charge in [0.1, 0.15) is 12.4 Å². The Hall–Kier alpha value is -3.02. The van der Waals surface area contributed by atoms with Crippen LogP contribution in [0.25, 0.3) is 0 Å². The number of likely N-dealkylation sites (N-methyl/N-ethyl adjacent to an activating group) is 1. The van der Waals surface area contributed by atoms with Crippen LogP contribution in [-0.2, 0) is 4.79 Å². The van der Waals surface area contributed by atoms with Gasteiger partial charge in [0.2, 0.25) is 5.91 Å². The molecule has 0 radical (unpaired) electrons. The molecule has 2 amide bonds. The minimum absolute atomic E-state index is 0.0859. The molecule has 25 heavy (non-hydrogen) atoms. The van der Waals surface area contributed by atoms with E-state index in [0.717, 1.165) is 11.4 Å². The highest BCUT2D eigenvalue weighted by Crippen LogP contribution is 2.29. The first-order valence-corrected chi connectivity index (χ1v) is 8.16. The number of fused-ring (bicyclic) bond motifs is 1. The third-order valence-electron chi connectivity index (χ3n) is 3.95. The zero-order valence-electron chi connectivity index (χ0n) is 14.3. The average Bonchev–Trinajstić information content (AvgIpc) is 2.60. The number of carbonyl (C=O) groups excluding carboxylic acids is 2. The standard InChI is InChI=1S/C19H21N3O3/c1-13(12-25-15-6-4-3-5-7-15)20-19(24)14-8-9-17-16(10-14)21-18(23)11-22(17)2/h3-10,13H,11-12H2,1-2H3,(H,20,24)(H,21,23)/t13-/m0/s1. The van der Waals surface area contributed by atoms with Crippen LogP contribution < -0.4 is 20.3 Å². The molecule has 0 unspecified atom stereocenters. The molecule has 6 heteroatoms. The van der Waals surface area contributed by atoms with Gasteiger partial charge in [-0.3, -0.25) is 9.59 Å². The Morgan fingerprint density at radius 1 is 1.28 bits per heavy atom. The molecule has 0 fully saturated rings. The fourth-order valence-corrected chi connectivity index (χ4v) is 2.69. The molecule has 6 nitrogen and oxygen atoms in total. The number of carbonyl (C=O) groups is 2. The topological polar surface area (TPSA) is 70.7 Å². The fourth-order valence-electron chi connectivity index (χ4n) is 2.69. The predicted molar refractivity (Wildman–Crippen MR) is 97.2 cm³/mol. The van der Waals surface area contributed by atoms with Crippen LogP contribution in [0.2, 0.25) is 0 Å². The second kappa shape index (κ2) is 7.25. The van der Waals surface area contributed by atoms with Crippen molar-refractivity contribution in [2.75, 3.05) is 30.4 Å². The quantitative estimate of drug-likeness (QED) is 0.877. The molecule has 0 saturated heterocycles. The second-order valence-electron chi connectivity index (χ2n) is 6.13. The van der Waals surface area contributed by atoms with Gasteiger partial charge < -0.3 is 20.3 Å². The maximum atomic E-state index is 12.4. The lowest BCUT2D eigenvalue weighted by molar-refractivity contribution is -0.115. The van der Waals surface area contributed by atoms with Gasteiger partial charge in [0, 0.05) is 12.6 Å². The number of benzene rings is 2. The van der Waals surface area contributed by atoms with Gasteiger partial charge in [-0.2, -0.15) is 0 Å². The first kappa shape index (κ1) is 16.8. The molecule has 0 aliphatic carbocycles. The zero-order valence-corrected chi connectivity index (χ0v) is 14.3. The van der Waals surface area contributed by atoms with Crippen molar-refractivity contribution in [1.29, 1.82) is 0 Å². The summed E-state index contributed by atoms with van der Waals surface area (Å²) in [4.78, 5) is 25.9. The van der Waals surface area contributed by atoms with E-state index in [1.165, 1.54) is 0 Å². The van der Waals surface area contributed by atoms with Crippen molar-refractivity contribution in [3.8, 4) is 5.75 Å². The molecule has 0 aromatic heterocycles. The predicted octanol–water partition coefficient (Wildman–Crippen LogP) is 2.27. The normalized spacial score (nSPS) is 14.3. The highest BCUT2D eigenvalue weighted by molar-refractivity contribution is 6.03. The molecule has 1 heterocycles. The van der Waals surface area contributed by atoms with E-state index in [2.05, 4.69) is 10.6 Å². The lowest BCUT2D eigenvalue weighted by atomic mass is 10.1. The summed E-state index contributed by atoms with van der Waals surface area (Å²) >= 11 is 0. The first-order chi connectivity index (χ1) is 12.0. The fraction of sp³-hybridized carbons (Fsp3) is 0.263. The number of nitrogens with zero attached hydrogens (tertiary/aromatic N) is 1. The lowest BCUT2D eigenvalue weighted by Gasteiger charge is -2.27. The number of anilines is 2.